The van der Waals surface area contributed by atoms with Crippen LogP contribution < -0.4 is 5.32 Å². The van der Waals surface area contributed by atoms with E-state index in [1.54, 1.807) is 6.07 Å². The third kappa shape index (κ3) is 4.18. The number of hydrogen-bond donors (Lipinski definition) is 1. The lowest BCUT2D eigenvalue weighted by Gasteiger charge is -2.33. The molecule has 1 aliphatic rings. The highest BCUT2D eigenvalue weighted by Crippen LogP contribution is 2.27. The van der Waals surface area contributed by atoms with Crippen LogP contribution >= 0.6 is 0 Å². The largest absolute Gasteiger partial charge is 0.377 e. The van der Waals surface area contributed by atoms with E-state index in [1.807, 2.05) is 6.07 Å². The first-order chi connectivity index (χ1) is 10.5. The van der Waals surface area contributed by atoms with Crippen molar-refractivity contribution in [2.45, 2.75) is 32.7 Å². The third-order valence-electron chi connectivity index (χ3n) is 3.89. The standard InChI is InChI=1S/C16H22N4O2/c1-12(2)11-19-7-5-14(6-8-19)18-15-9-13(10-17)3-4-16(15)20(21)22/h3-4,9,12,14,18H,5-8,11H2,1-2H3. The first-order valence-electron chi connectivity index (χ1n) is 7.67. The lowest BCUT2D eigenvalue weighted by atomic mass is 10.0. The van der Waals surface area contributed by atoms with E-state index >= 15 is 0 Å². The van der Waals surface area contributed by atoms with Crippen LogP contribution in [0.1, 0.15) is 32.3 Å². The van der Waals surface area contributed by atoms with Gasteiger partial charge in [-0.2, -0.15) is 5.26 Å². The van der Waals surface area contributed by atoms with Gasteiger partial charge in [0, 0.05) is 31.7 Å². The minimum absolute atomic E-state index is 0.0311. The second-order valence-corrected chi connectivity index (χ2v) is 6.21. The molecule has 2 rings (SSSR count). The third-order valence-corrected chi connectivity index (χ3v) is 3.89. The predicted molar refractivity (Wildman–Crippen MR) is 85.7 cm³/mol. The second kappa shape index (κ2) is 7.23. The van der Waals surface area contributed by atoms with Crippen LogP contribution in [0.4, 0.5) is 11.4 Å². The molecule has 0 radical (unpaired) electrons. The van der Waals surface area contributed by atoms with Crippen LogP contribution in [0.25, 0.3) is 0 Å². The zero-order valence-corrected chi connectivity index (χ0v) is 13.1. The highest BCUT2D eigenvalue weighted by atomic mass is 16.6. The predicted octanol–water partition coefficient (Wildman–Crippen LogP) is 3.00. The van der Waals surface area contributed by atoms with Gasteiger partial charge in [0.1, 0.15) is 5.69 Å². The first-order valence-corrected chi connectivity index (χ1v) is 7.67. The monoisotopic (exact) mass is 302 g/mol. The molecule has 22 heavy (non-hydrogen) atoms. The van der Waals surface area contributed by atoms with Crippen molar-refractivity contribution in [2.75, 3.05) is 25.0 Å². The molecule has 0 aromatic heterocycles. The van der Waals surface area contributed by atoms with Crippen molar-refractivity contribution in [1.29, 1.82) is 5.26 Å². The fourth-order valence-electron chi connectivity index (χ4n) is 2.88. The first kappa shape index (κ1) is 16.2. The van der Waals surface area contributed by atoms with E-state index in [2.05, 4.69) is 24.1 Å². The van der Waals surface area contributed by atoms with Crippen LogP contribution in [-0.4, -0.2) is 35.5 Å². The summed E-state index contributed by atoms with van der Waals surface area (Å²) >= 11 is 0. The maximum atomic E-state index is 11.1. The van der Waals surface area contributed by atoms with Crippen molar-refractivity contribution in [3.05, 3.63) is 33.9 Å². The molecular formula is C16H22N4O2. The van der Waals surface area contributed by atoms with Crippen LogP contribution in [0.5, 0.6) is 0 Å². The number of nitriles is 1. The molecule has 6 heteroatoms. The Morgan fingerprint density at radius 2 is 2.14 bits per heavy atom. The number of piperidine rings is 1. The second-order valence-electron chi connectivity index (χ2n) is 6.21. The highest BCUT2D eigenvalue weighted by molar-refractivity contribution is 5.64. The molecule has 0 saturated carbocycles. The summed E-state index contributed by atoms with van der Waals surface area (Å²) in [6.45, 7) is 7.52. The number of nitro groups is 1. The fourth-order valence-corrected chi connectivity index (χ4v) is 2.88. The summed E-state index contributed by atoms with van der Waals surface area (Å²) in [5, 5.41) is 23.3. The fraction of sp³-hybridized carbons (Fsp3) is 0.562. The van der Waals surface area contributed by atoms with Crippen LogP contribution in [0.15, 0.2) is 18.2 Å². The van der Waals surface area contributed by atoms with Gasteiger partial charge in [0.05, 0.1) is 16.6 Å². The Labute approximate surface area is 130 Å². The molecule has 0 atom stereocenters. The number of anilines is 1. The van der Waals surface area contributed by atoms with E-state index in [4.69, 9.17) is 5.26 Å². The molecule has 1 saturated heterocycles. The Morgan fingerprint density at radius 3 is 2.68 bits per heavy atom. The Hall–Kier alpha value is -2.13. The average Bonchev–Trinajstić information content (AvgIpc) is 2.48. The maximum absolute atomic E-state index is 11.1. The van der Waals surface area contributed by atoms with Crippen molar-refractivity contribution >= 4 is 11.4 Å². The lowest BCUT2D eigenvalue weighted by Crippen LogP contribution is -2.40. The summed E-state index contributed by atoms with van der Waals surface area (Å²) in [5.41, 5.74) is 0.917. The number of benzene rings is 1. The molecule has 0 aliphatic carbocycles. The quantitative estimate of drug-likeness (QED) is 0.668. The molecule has 0 unspecified atom stereocenters. The van der Waals surface area contributed by atoms with Gasteiger partial charge in [0.25, 0.3) is 5.69 Å². The summed E-state index contributed by atoms with van der Waals surface area (Å²) < 4.78 is 0. The highest BCUT2D eigenvalue weighted by Gasteiger charge is 2.22. The lowest BCUT2D eigenvalue weighted by molar-refractivity contribution is -0.384. The van der Waals surface area contributed by atoms with E-state index in [0.717, 1.165) is 32.5 Å². The summed E-state index contributed by atoms with van der Waals surface area (Å²) in [5.74, 6) is 0.651. The molecule has 1 fully saturated rings. The van der Waals surface area contributed by atoms with Gasteiger partial charge in [-0.3, -0.25) is 10.1 Å². The molecule has 6 nitrogen and oxygen atoms in total. The van der Waals surface area contributed by atoms with Crippen molar-refractivity contribution in [3.8, 4) is 6.07 Å². The van der Waals surface area contributed by atoms with Crippen molar-refractivity contribution in [3.63, 3.8) is 0 Å². The summed E-state index contributed by atoms with van der Waals surface area (Å²) in [4.78, 5) is 13.1. The van der Waals surface area contributed by atoms with Gasteiger partial charge < -0.3 is 10.2 Å². The molecule has 0 spiro atoms. The van der Waals surface area contributed by atoms with Crippen LogP contribution in [0.3, 0.4) is 0 Å². The number of nitrogens with zero attached hydrogens (tertiary/aromatic N) is 3. The molecule has 0 amide bonds. The topological polar surface area (TPSA) is 82.2 Å². The van der Waals surface area contributed by atoms with Gasteiger partial charge in [0.2, 0.25) is 0 Å². The molecule has 1 aliphatic heterocycles. The Morgan fingerprint density at radius 1 is 1.45 bits per heavy atom. The Kier molecular flexibility index (Phi) is 5.34. The number of nitro benzene ring substituents is 1. The molecule has 0 bridgehead atoms. The molecule has 1 aromatic rings. The Bertz CT molecular complexity index is 572. The van der Waals surface area contributed by atoms with Crippen molar-refractivity contribution in [1.82, 2.24) is 4.90 Å². The van der Waals surface area contributed by atoms with Gasteiger partial charge in [-0.05, 0) is 30.9 Å². The van der Waals surface area contributed by atoms with E-state index in [1.165, 1.54) is 12.1 Å². The molecule has 118 valence electrons. The van der Waals surface area contributed by atoms with E-state index < -0.39 is 4.92 Å². The molecule has 1 aromatic carbocycles. The van der Waals surface area contributed by atoms with Gasteiger partial charge in [0.15, 0.2) is 0 Å². The minimum Gasteiger partial charge on any atom is -0.377 e. The minimum atomic E-state index is -0.405. The Balaban J connectivity index is 2.02. The van der Waals surface area contributed by atoms with Crippen molar-refractivity contribution in [2.24, 2.45) is 5.92 Å². The molecular weight excluding hydrogens is 280 g/mol. The number of hydrogen-bond acceptors (Lipinski definition) is 5. The van der Waals surface area contributed by atoms with Crippen LogP contribution in [0.2, 0.25) is 0 Å². The SMILES string of the molecule is CC(C)CN1CCC(Nc2cc(C#N)ccc2[N+](=O)[O-])CC1. The normalized spacial score (nSPS) is 16.5. The molecule has 1 heterocycles. The average molecular weight is 302 g/mol. The van der Waals surface area contributed by atoms with Gasteiger partial charge in [-0.15, -0.1) is 0 Å². The maximum Gasteiger partial charge on any atom is 0.292 e. The van der Waals surface area contributed by atoms with Gasteiger partial charge >= 0.3 is 0 Å². The van der Waals surface area contributed by atoms with Crippen LogP contribution in [-0.2, 0) is 0 Å². The van der Waals surface area contributed by atoms with Gasteiger partial charge in [-0.1, -0.05) is 13.8 Å². The summed E-state index contributed by atoms with van der Waals surface area (Å²) in [6, 6.07) is 6.69. The number of rotatable bonds is 5. The zero-order valence-electron chi connectivity index (χ0n) is 13.1. The van der Waals surface area contributed by atoms with Crippen LogP contribution in [0, 0.1) is 27.4 Å². The zero-order chi connectivity index (χ0) is 16.1. The summed E-state index contributed by atoms with van der Waals surface area (Å²) in [6.07, 6.45) is 1.92. The summed E-state index contributed by atoms with van der Waals surface area (Å²) in [7, 11) is 0. The number of nitrogens with one attached hydrogen (secondary N) is 1. The number of likely N-dealkylation sites (tertiary alicyclic amines) is 1. The van der Waals surface area contributed by atoms with E-state index in [-0.39, 0.29) is 11.7 Å². The van der Waals surface area contributed by atoms with E-state index in [9.17, 15) is 10.1 Å². The smallest absolute Gasteiger partial charge is 0.292 e. The van der Waals surface area contributed by atoms with Crippen molar-refractivity contribution < 1.29 is 4.92 Å². The van der Waals surface area contributed by atoms with Gasteiger partial charge in [-0.25, -0.2) is 0 Å². The molecule has 1 N–H and O–H groups in total. The van der Waals surface area contributed by atoms with E-state index in [0.29, 0.717) is 17.2 Å².